The molecule has 3 heteroatoms. The van der Waals surface area contributed by atoms with Gasteiger partial charge in [0.15, 0.2) is 0 Å². The molecule has 0 spiro atoms. The molecule has 0 saturated carbocycles. The minimum absolute atomic E-state index is 0.572. The van der Waals surface area contributed by atoms with Crippen molar-refractivity contribution in [3.63, 3.8) is 0 Å². The molecule has 1 fully saturated rings. The highest BCUT2D eigenvalue weighted by molar-refractivity contribution is 6.18. The standard InChI is InChI=1S/C12H23ClN2/c1-12(14-8-4-3-7-13)11-15-9-5-2-6-10-15/h3-4,12,14H,2,5-11H2,1H3/b4-3+. The van der Waals surface area contributed by atoms with Gasteiger partial charge in [-0.05, 0) is 32.9 Å². The first-order valence-corrected chi connectivity index (χ1v) is 6.53. The first-order chi connectivity index (χ1) is 7.33. The normalized spacial score (nSPS) is 20.9. The molecule has 88 valence electrons. The second kappa shape index (κ2) is 8.14. The van der Waals surface area contributed by atoms with Gasteiger partial charge in [0.25, 0.3) is 0 Å². The molecule has 1 N–H and O–H groups in total. The molecule has 0 aromatic heterocycles. The fourth-order valence-corrected chi connectivity index (χ4v) is 2.14. The quantitative estimate of drug-likeness (QED) is 0.556. The maximum atomic E-state index is 5.55. The fourth-order valence-electron chi connectivity index (χ4n) is 2.01. The van der Waals surface area contributed by atoms with Gasteiger partial charge in [0.2, 0.25) is 0 Å². The summed E-state index contributed by atoms with van der Waals surface area (Å²) < 4.78 is 0. The molecule has 1 aliphatic heterocycles. The van der Waals surface area contributed by atoms with Gasteiger partial charge in [0, 0.05) is 25.0 Å². The summed E-state index contributed by atoms with van der Waals surface area (Å²) in [6, 6.07) is 0.572. The zero-order chi connectivity index (χ0) is 10.9. The summed E-state index contributed by atoms with van der Waals surface area (Å²) in [6.45, 7) is 6.92. The van der Waals surface area contributed by atoms with Gasteiger partial charge in [-0.3, -0.25) is 0 Å². The molecule has 0 aromatic rings. The van der Waals surface area contributed by atoms with Crippen molar-refractivity contribution >= 4 is 11.6 Å². The molecule has 15 heavy (non-hydrogen) atoms. The van der Waals surface area contributed by atoms with E-state index in [1.807, 2.05) is 6.08 Å². The van der Waals surface area contributed by atoms with Crippen molar-refractivity contribution in [2.45, 2.75) is 32.2 Å². The third kappa shape index (κ3) is 6.18. The SMILES string of the molecule is CC(CN1CCCCC1)NC/C=C/CCl. The zero-order valence-electron chi connectivity index (χ0n) is 9.71. The summed E-state index contributed by atoms with van der Waals surface area (Å²) in [6.07, 6.45) is 8.25. The van der Waals surface area contributed by atoms with E-state index in [1.54, 1.807) is 0 Å². The Balaban J connectivity index is 2.06. The van der Waals surface area contributed by atoms with Gasteiger partial charge in [0.1, 0.15) is 0 Å². The Labute approximate surface area is 98.7 Å². The monoisotopic (exact) mass is 230 g/mol. The largest absolute Gasteiger partial charge is 0.310 e. The van der Waals surface area contributed by atoms with Gasteiger partial charge in [-0.2, -0.15) is 0 Å². The van der Waals surface area contributed by atoms with Crippen molar-refractivity contribution in [2.75, 3.05) is 32.1 Å². The minimum Gasteiger partial charge on any atom is -0.310 e. The molecule has 0 aromatic carbocycles. The topological polar surface area (TPSA) is 15.3 Å². The molecule has 1 unspecified atom stereocenters. The second-order valence-electron chi connectivity index (χ2n) is 4.30. The predicted molar refractivity (Wildman–Crippen MR) is 67.6 cm³/mol. The third-order valence-electron chi connectivity index (χ3n) is 2.82. The highest BCUT2D eigenvalue weighted by atomic mass is 35.5. The van der Waals surface area contributed by atoms with Crippen LogP contribution in [0.25, 0.3) is 0 Å². The molecule has 0 radical (unpaired) electrons. The molecular formula is C12H23ClN2. The molecule has 0 amide bonds. The molecular weight excluding hydrogens is 208 g/mol. The van der Waals surface area contributed by atoms with Crippen LogP contribution in [0, 0.1) is 0 Å². The number of allylic oxidation sites excluding steroid dienone is 1. The number of likely N-dealkylation sites (tertiary alicyclic amines) is 1. The summed E-state index contributed by atoms with van der Waals surface area (Å²) in [7, 11) is 0. The number of hydrogen-bond acceptors (Lipinski definition) is 2. The van der Waals surface area contributed by atoms with E-state index in [1.165, 1.54) is 38.9 Å². The number of halogens is 1. The predicted octanol–water partition coefficient (Wildman–Crippen LogP) is 2.25. The first-order valence-electron chi connectivity index (χ1n) is 5.99. The minimum atomic E-state index is 0.572. The molecule has 2 nitrogen and oxygen atoms in total. The van der Waals surface area contributed by atoms with Crippen molar-refractivity contribution in [3.05, 3.63) is 12.2 Å². The van der Waals surface area contributed by atoms with Crippen LogP contribution in [0.3, 0.4) is 0 Å². The highest BCUT2D eigenvalue weighted by Gasteiger charge is 2.12. The highest BCUT2D eigenvalue weighted by Crippen LogP contribution is 2.08. The lowest BCUT2D eigenvalue weighted by molar-refractivity contribution is 0.210. The summed E-state index contributed by atoms with van der Waals surface area (Å²) in [5.41, 5.74) is 0. The van der Waals surface area contributed by atoms with E-state index in [4.69, 9.17) is 11.6 Å². The van der Waals surface area contributed by atoms with Crippen molar-refractivity contribution < 1.29 is 0 Å². The van der Waals surface area contributed by atoms with Crippen LogP contribution in [0.4, 0.5) is 0 Å². The molecule has 1 rings (SSSR count). The van der Waals surface area contributed by atoms with Crippen LogP contribution >= 0.6 is 11.6 Å². The maximum Gasteiger partial charge on any atom is 0.0404 e. The number of hydrogen-bond donors (Lipinski definition) is 1. The Bertz CT molecular complexity index is 176. The average Bonchev–Trinajstić information content (AvgIpc) is 2.26. The number of rotatable bonds is 6. The molecule has 1 heterocycles. The van der Waals surface area contributed by atoms with Crippen LogP contribution in [-0.4, -0.2) is 43.0 Å². The van der Waals surface area contributed by atoms with Gasteiger partial charge in [-0.25, -0.2) is 0 Å². The van der Waals surface area contributed by atoms with E-state index < -0.39 is 0 Å². The second-order valence-corrected chi connectivity index (χ2v) is 4.60. The summed E-state index contributed by atoms with van der Waals surface area (Å²) in [5, 5.41) is 3.48. The Morgan fingerprint density at radius 1 is 1.27 bits per heavy atom. The maximum absolute atomic E-state index is 5.55. The van der Waals surface area contributed by atoms with Crippen molar-refractivity contribution in [3.8, 4) is 0 Å². The molecule has 1 aliphatic rings. The lowest BCUT2D eigenvalue weighted by Gasteiger charge is -2.29. The van der Waals surface area contributed by atoms with Gasteiger partial charge >= 0.3 is 0 Å². The first kappa shape index (κ1) is 13.0. The van der Waals surface area contributed by atoms with Crippen LogP contribution in [0.1, 0.15) is 26.2 Å². The van der Waals surface area contributed by atoms with Gasteiger partial charge < -0.3 is 10.2 Å². The van der Waals surface area contributed by atoms with Crippen molar-refractivity contribution in [1.29, 1.82) is 0 Å². The smallest absolute Gasteiger partial charge is 0.0404 e. The Hall–Kier alpha value is -0.0500. The number of nitrogens with one attached hydrogen (secondary N) is 1. The van der Waals surface area contributed by atoms with Gasteiger partial charge in [0.05, 0.1) is 0 Å². The number of piperidine rings is 1. The molecule has 1 atom stereocenters. The average molecular weight is 231 g/mol. The van der Waals surface area contributed by atoms with E-state index in [0.717, 1.165) is 6.54 Å². The molecule has 1 saturated heterocycles. The van der Waals surface area contributed by atoms with Crippen LogP contribution < -0.4 is 5.32 Å². The van der Waals surface area contributed by atoms with Crippen LogP contribution in [0.2, 0.25) is 0 Å². The van der Waals surface area contributed by atoms with E-state index >= 15 is 0 Å². The summed E-state index contributed by atoms with van der Waals surface area (Å²) in [4.78, 5) is 2.56. The van der Waals surface area contributed by atoms with Crippen LogP contribution in [-0.2, 0) is 0 Å². The van der Waals surface area contributed by atoms with Gasteiger partial charge in [-0.15, -0.1) is 11.6 Å². The molecule has 0 bridgehead atoms. The van der Waals surface area contributed by atoms with Gasteiger partial charge in [-0.1, -0.05) is 18.6 Å². The fraction of sp³-hybridized carbons (Fsp3) is 0.833. The molecule has 0 aliphatic carbocycles. The summed E-state index contributed by atoms with van der Waals surface area (Å²) >= 11 is 5.55. The van der Waals surface area contributed by atoms with Crippen LogP contribution in [0.5, 0.6) is 0 Å². The van der Waals surface area contributed by atoms with Crippen molar-refractivity contribution in [2.24, 2.45) is 0 Å². The lowest BCUT2D eigenvalue weighted by atomic mass is 10.1. The summed E-state index contributed by atoms with van der Waals surface area (Å²) in [5.74, 6) is 0.613. The number of nitrogens with zero attached hydrogens (tertiary/aromatic N) is 1. The Kier molecular flexibility index (Phi) is 7.07. The Morgan fingerprint density at radius 2 is 2.00 bits per heavy atom. The Morgan fingerprint density at radius 3 is 2.67 bits per heavy atom. The van der Waals surface area contributed by atoms with E-state index in [0.29, 0.717) is 11.9 Å². The van der Waals surface area contributed by atoms with E-state index in [-0.39, 0.29) is 0 Å². The van der Waals surface area contributed by atoms with Crippen molar-refractivity contribution in [1.82, 2.24) is 10.2 Å². The zero-order valence-corrected chi connectivity index (χ0v) is 10.5. The van der Waals surface area contributed by atoms with Crippen LogP contribution in [0.15, 0.2) is 12.2 Å². The van der Waals surface area contributed by atoms with E-state index in [2.05, 4.69) is 23.2 Å². The number of alkyl halides is 1. The lowest BCUT2D eigenvalue weighted by Crippen LogP contribution is -2.41. The third-order valence-corrected chi connectivity index (χ3v) is 3.00. The van der Waals surface area contributed by atoms with E-state index in [9.17, 15) is 0 Å².